The van der Waals surface area contributed by atoms with E-state index in [9.17, 15) is 0 Å². The maximum Gasteiger partial charge on any atom is 0.223 e. The van der Waals surface area contributed by atoms with Gasteiger partial charge in [-0.1, -0.05) is 12.1 Å². The Hall–Kier alpha value is -2.90. The van der Waals surface area contributed by atoms with Gasteiger partial charge in [0.25, 0.3) is 0 Å². The van der Waals surface area contributed by atoms with Gasteiger partial charge in [-0.05, 0) is 18.2 Å². The van der Waals surface area contributed by atoms with Crippen LogP contribution in [0.3, 0.4) is 0 Å². The van der Waals surface area contributed by atoms with Crippen LogP contribution in [0.1, 0.15) is 0 Å². The molecule has 1 aromatic carbocycles. The predicted octanol–water partition coefficient (Wildman–Crippen LogP) is 0.706. The Morgan fingerprint density at radius 1 is 0.722 bits per heavy atom. The molecular formula is C10H8N8. The second kappa shape index (κ2) is 4.53. The van der Waals surface area contributed by atoms with Crippen molar-refractivity contribution in [3.63, 3.8) is 0 Å². The highest BCUT2D eigenvalue weighted by Crippen LogP contribution is 2.03. The van der Waals surface area contributed by atoms with Gasteiger partial charge >= 0.3 is 0 Å². The Balaban J connectivity index is 0.000000111. The number of aromatic nitrogens is 8. The third-order valence-electron chi connectivity index (χ3n) is 2.23. The zero-order chi connectivity index (χ0) is 12.2. The first-order valence-corrected chi connectivity index (χ1v) is 5.17. The van der Waals surface area contributed by atoms with E-state index in [0.29, 0.717) is 5.65 Å². The third-order valence-corrected chi connectivity index (χ3v) is 2.23. The number of fused-ring (bicyclic) bond motifs is 2. The number of nitrogens with zero attached hydrogens (tertiary/aromatic N) is 6. The van der Waals surface area contributed by atoms with Gasteiger partial charge in [0.05, 0.1) is 6.20 Å². The van der Waals surface area contributed by atoms with E-state index in [1.807, 2.05) is 24.3 Å². The van der Waals surface area contributed by atoms with Gasteiger partial charge in [-0.25, -0.2) is 0 Å². The van der Waals surface area contributed by atoms with Gasteiger partial charge in [0.15, 0.2) is 0 Å². The molecule has 3 heterocycles. The Labute approximate surface area is 100 Å². The molecule has 0 aliphatic heterocycles. The van der Waals surface area contributed by atoms with Crippen molar-refractivity contribution in [2.45, 2.75) is 0 Å². The fraction of sp³-hybridized carbons (Fsp3) is 0. The average Bonchev–Trinajstić information content (AvgIpc) is 3.08. The maximum atomic E-state index is 3.88. The molecule has 0 fully saturated rings. The van der Waals surface area contributed by atoms with E-state index in [2.05, 4.69) is 41.0 Å². The molecule has 0 aliphatic carbocycles. The minimum Gasteiger partial charge on any atom is -0.197 e. The summed E-state index contributed by atoms with van der Waals surface area (Å²) in [5.41, 5.74) is 3.12. The van der Waals surface area contributed by atoms with Crippen LogP contribution in [0.25, 0.3) is 22.2 Å². The quantitative estimate of drug-likeness (QED) is 0.468. The van der Waals surface area contributed by atoms with Crippen molar-refractivity contribution in [2.75, 3.05) is 0 Å². The largest absolute Gasteiger partial charge is 0.223 e. The molecule has 0 bridgehead atoms. The molecule has 0 unspecified atom stereocenters. The number of H-pyrrole nitrogens is 2. The smallest absolute Gasteiger partial charge is 0.197 e. The molecule has 0 aliphatic rings. The van der Waals surface area contributed by atoms with Crippen molar-refractivity contribution in [3.8, 4) is 0 Å². The van der Waals surface area contributed by atoms with Gasteiger partial charge < -0.3 is 0 Å². The lowest BCUT2D eigenvalue weighted by Crippen LogP contribution is -1.78. The fourth-order valence-corrected chi connectivity index (χ4v) is 1.40. The average molecular weight is 240 g/mol. The first kappa shape index (κ1) is 10.3. The summed E-state index contributed by atoms with van der Waals surface area (Å²) in [4.78, 5) is 0. The van der Waals surface area contributed by atoms with E-state index < -0.39 is 0 Å². The fourth-order valence-electron chi connectivity index (χ4n) is 1.40. The summed E-state index contributed by atoms with van der Waals surface area (Å²) in [5, 5.41) is 27.5. The molecule has 8 heteroatoms. The maximum absolute atomic E-state index is 3.88. The topological polar surface area (TPSA) is 109 Å². The number of hydrogen-bond acceptors (Lipinski definition) is 6. The third kappa shape index (κ3) is 1.98. The van der Waals surface area contributed by atoms with Gasteiger partial charge in [0.2, 0.25) is 5.65 Å². The van der Waals surface area contributed by atoms with E-state index in [1.54, 1.807) is 12.3 Å². The molecule has 0 saturated carbocycles. The SMILES string of the molecule is c1cc2n[nH]nc2nn1.c1ccc2n[nH]nc2c1. The minimum absolute atomic E-state index is 0.553. The number of benzene rings is 1. The van der Waals surface area contributed by atoms with Gasteiger partial charge in [0.1, 0.15) is 16.6 Å². The van der Waals surface area contributed by atoms with Crippen molar-refractivity contribution in [3.05, 3.63) is 36.5 Å². The van der Waals surface area contributed by atoms with Gasteiger partial charge in [-0.2, -0.15) is 30.8 Å². The van der Waals surface area contributed by atoms with Gasteiger partial charge in [0, 0.05) is 0 Å². The lowest BCUT2D eigenvalue weighted by atomic mass is 10.3. The molecule has 4 aromatic rings. The van der Waals surface area contributed by atoms with Crippen LogP contribution in [0.2, 0.25) is 0 Å². The molecule has 8 nitrogen and oxygen atoms in total. The van der Waals surface area contributed by atoms with Crippen LogP contribution in [0.4, 0.5) is 0 Å². The molecule has 0 amide bonds. The summed E-state index contributed by atoms with van der Waals surface area (Å²) < 4.78 is 0. The summed E-state index contributed by atoms with van der Waals surface area (Å²) in [5.74, 6) is 0. The monoisotopic (exact) mass is 240 g/mol. The van der Waals surface area contributed by atoms with Gasteiger partial charge in [-0.3, -0.25) is 0 Å². The standard InChI is InChI=1S/C6H5N3.C4H3N5/c1-2-4-6-5(3-1)7-9-8-6;1-2-5-7-4-3(1)6-9-8-4/h1-4H,(H,7,8,9);1-2H,(H,6,7,8,9). The minimum atomic E-state index is 0.553. The molecule has 18 heavy (non-hydrogen) atoms. The summed E-state index contributed by atoms with van der Waals surface area (Å²) in [6.45, 7) is 0. The van der Waals surface area contributed by atoms with Crippen molar-refractivity contribution < 1.29 is 0 Å². The molecule has 0 atom stereocenters. The summed E-state index contributed by atoms with van der Waals surface area (Å²) in [6.07, 6.45) is 1.57. The van der Waals surface area contributed by atoms with Crippen molar-refractivity contribution in [1.29, 1.82) is 0 Å². The molecular weight excluding hydrogens is 232 g/mol. The van der Waals surface area contributed by atoms with Crippen LogP contribution in [-0.2, 0) is 0 Å². The Morgan fingerprint density at radius 3 is 2.11 bits per heavy atom. The molecule has 0 saturated heterocycles. The zero-order valence-corrected chi connectivity index (χ0v) is 9.15. The van der Waals surface area contributed by atoms with Crippen LogP contribution in [-0.4, -0.2) is 41.0 Å². The van der Waals surface area contributed by atoms with Crippen LogP contribution in [0.5, 0.6) is 0 Å². The van der Waals surface area contributed by atoms with E-state index in [4.69, 9.17) is 0 Å². The summed E-state index contributed by atoms with van der Waals surface area (Å²) in [6, 6.07) is 9.44. The summed E-state index contributed by atoms with van der Waals surface area (Å²) >= 11 is 0. The Bertz CT molecular complexity index is 632. The number of rotatable bonds is 0. The molecule has 0 spiro atoms. The molecule has 88 valence electrons. The normalized spacial score (nSPS) is 10.2. The summed E-state index contributed by atoms with van der Waals surface area (Å²) in [7, 11) is 0. The highest BCUT2D eigenvalue weighted by molar-refractivity contribution is 5.72. The predicted molar refractivity (Wildman–Crippen MR) is 63.4 cm³/mol. The van der Waals surface area contributed by atoms with E-state index in [1.165, 1.54) is 0 Å². The van der Waals surface area contributed by atoms with Crippen molar-refractivity contribution in [2.24, 2.45) is 0 Å². The lowest BCUT2D eigenvalue weighted by Gasteiger charge is -1.78. The van der Waals surface area contributed by atoms with Gasteiger partial charge in [-0.15, -0.1) is 10.2 Å². The number of aromatic amines is 2. The molecule has 2 N–H and O–H groups in total. The van der Waals surface area contributed by atoms with Crippen LogP contribution in [0.15, 0.2) is 36.5 Å². The molecule has 3 aromatic heterocycles. The second-order valence-electron chi connectivity index (χ2n) is 3.38. The highest BCUT2D eigenvalue weighted by Gasteiger charge is 1.93. The molecule has 4 rings (SSSR count). The lowest BCUT2D eigenvalue weighted by molar-refractivity contribution is 0.946. The van der Waals surface area contributed by atoms with E-state index in [0.717, 1.165) is 16.6 Å². The van der Waals surface area contributed by atoms with Crippen molar-refractivity contribution >= 4 is 22.2 Å². The molecule has 0 radical (unpaired) electrons. The number of hydrogen-bond donors (Lipinski definition) is 2. The van der Waals surface area contributed by atoms with E-state index in [-0.39, 0.29) is 0 Å². The Morgan fingerprint density at radius 2 is 1.39 bits per heavy atom. The zero-order valence-electron chi connectivity index (χ0n) is 9.15. The van der Waals surface area contributed by atoms with Crippen LogP contribution >= 0.6 is 0 Å². The van der Waals surface area contributed by atoms with E-state index >= 15 is 0 Å². The van der Waals surface area contributed by atoms with Crippen molar-refractivity contribution in [1.82, 2.24) is 41.0 Å². The van der Waals surface area contributed by atoms with Crippen LogP contribution in [0, 0.1) is 0 Å². The second-order valence-corrected chi connectivity index (χ2v) is 3.38. The first-order valence-electron chi connectivity index (χ1n) is 5.17. The number of nitrogens with one attached hydrogen (secondary N) is 2. The van der Waals surface area contributed by atoms with Crippen LogP contribution < -0.4 is 0 Å². The Kier molecular flexibility index (Phi) is 2.59. The highest BCUT2D eigenvalue weighted by atomic mass is 15.4. The number of para-hydroxylation sites is 2. The first-order chi connectivity index (χ1) is 8.93.